The molecule has 0 aliphatic heterocycles. The van der Waals surface area contributed by atoms with Gasteiger partial charge in [0.05, 0.1) is 12.4 Å². The average molecular weight is 180 g/mol. The number of ether oxygens (including phenoxy) is 1. The Morgan fingerprint density at radius 1 is 1.54 bits per heavy atom. The van der Waals surface area contributed by atoms with Crippen molar-refractivity contribution in [2.24, 2.45) is 0 Å². The van der Waals surface area contributed by atoms with E-state index in [1.165, 1.54) is 12.4 Å². The molecule has 0 aromatic carbocycles. The Balaban J connectivity index is 2.40. The van der Waals surface area contributed by atoms with E-state index in [1.54, 1.807) is 13.2 Å². The summed E-state index contributed by atoms with van der Waals surface area (Å²) in [6, 6.07) is 1.67. The van der Waals surface area contributed by atoms with Crippen LogP contribution in [0.2, 0.25) is 0 Å². The summed E-state index contributed by atoms with van der Waals surface area (Å²) in [6.07, 6.45) is 4.25. The summed E-state index contributed by atoms with van der Waals surface area (Å²) in [7, 11) is 1.62. The number of ketones is 1. The van der Waals surface area contributed by atoms with Gasteiger partial charge in [-0.2, -0.15) is 10.2 Å². The summed E-state index contributed by atoms with van der Waals surface area (Å²) in [4.78, 5) is 11.4. The van der Waals surface area contributed by atoms with Crippen molar-refractivity contribution in [3.8, 4) is 0 Å². The molecule has 0 amide bonds. The van der Waals surface area contributed by atoms with E-state index in [4.69, 9.17) is 4.74 Å². The molecule has 1 aromatic rings. The van der Waals surface area contributed by atoms with E-state index in [-0.39, 0.29) is 5.78 Å². The SMILES string of the molecule is COCCCC(=O)c1ccnnc1. The van der Waals surface area contributed by atoms with E-state index < -0.39 is 0 Å². The Morgan fingerprint density at radius 2 is 2.38 bits per heavy atom. The lowest BCUT2D eigenvalue weighted by atomic mass is 10.1. The predicted octanol–water partition coefficient (Wildman–Crippen LogP) is 1.09. The molecule has 13 heavy (non-hydrogen) atoms. The molecule has 0 unspecified atom stereocenters. The van der Waals surface area contributed by atoms with Crippen molar-refractivity contribution in [3.63, 3.8) is 0 Å². The van der Waals surface area contributed by atoms with E-state index in [9.17, 15) is 4.79 Å². The van der Waals surface area contributed by atoms with Gasteiger partial charge in [-0.05, 0) is 12.5 Å². The van der Waals surface area contributed by atoms with Crippen LogP contribution in [0.15, 0.2) is 18.5 Å². The molecular formula is C9H12N2O2. The van der Waals surface area contributed by atoms with Gasteiger partial charge in [-0.15, -0.1) is 0 Å². The van der Waals surface area contributed by atoms with Gasteiger partial charge in [0.2, 0.25) is 0 Å². The highest BCUT2D eigenvalue weighted by Gasteiger charge is 2.04. The fourth-order valence-electron chi connectivity index (χ4n) is 0.977. The highest BCUT2D eigenvalue weighted by molar-refractivity contribution is 5.95. The Kier molecular flexibility index (Phi) is 4.05. The fourth-order valence-corrected chi connectivity index (χ4v) is 0.977. The number of Topliss-reactive ketones (excluding diaryl/α,β-unsaturated/α-hetero) is 1. The van der Waals surface area contributed by atoms with Gasteiger partial charge in [0.1, 0.15) is 0 Å². The molecule has 0 bridgehead atoms. The quantitative estimate of drug-likeness (QED) is 0.502. The van der Waals surface area contributed by atoms with Crippen LogP contribution in [0.4, 0.5) is 0 Å². The molecule has 4 nitrogen and oxygen atoms in total. The smallest absolute Gasteiger partial charge is 0.164 e. The maximum Gasteiger partial charge on any atom is 0.164 e. The van der Waals surface area contributed by atoms with Crippen LogP contribution in [-0.4, -0.2) is 29.7 Å². The normalized spacial score (nSPS) is 9.92. The van der Waals surface area contributed by atoms with E-state index in [0.29, 0.717) is 18.6 Å². The standard InChI is InChI=1S/C9H12N2O2/c1-13-6-2-3-9(12)8-4-5-10-11-7-8/h4-5,7H,2-3,6H2,1H3. The number of aromatic nitrogens is 2. The number of carbonyl (C=O) groups is 1. The van der Waals surface area contributed by atoms with Crippen molar-refractivity contribution in [1.29, 1.82) is 0 Å². The van der Waals surface area contributed by atoms with Crippen LogP contribution in [-0.2, 0) is 4.74 Å². The summed E-state index contributed by atoms with van der Waals surface area (Å²) >= 11 is 0. The maximum atomic E-state index is 11.4. The fraction of sp³-hybridized carbons (Fsp3) is 0.444. The second-order valence-electron chi connectivity index (χ2n) is 2.65. The van der Waals surface area contributed by atoms with E-state index >= 15 is 0 Å². The third-order valence-corrected chi connectivity index (χ3v) is 1.66. The molecule has 1 rings (SSSR count). The summed E-state index contributed by atoms with van der Waals surface area (Å²) < 4.78 is 4.85. The van der Waals surface area contributed by atoms with Crippen molar-refractivity contribution in [3.05, 3.63) is 24.0 Å². The number of hydrogen-bond acceptors (Lipinski definition) is 4. The van der Waals surface area contributed by atoms with Crippen molar-refractivity contribution in [2.75, 3.05) is 13.7 Å². The number of carbonyl (C=O) groups excluding carboxylic acids is 1. The first kappa shape index (κ1) is 9.80. The summed E-state index contributed by atoms with van der Waals surface area (Å²) in [5.41, 5.74) is 0.617. The molecule has 0 atom stereocenters. The van der Waals surface area contributed by atoms with E-state index in [0.717, 1.165) is 6.42 Å². The summed E-state index contributed by atoms with van der Waals surface area (Å²) in [5.74, 6) is 0.0898. The second-order valence-corrected chi connectivity index (χ2v) is 2.65. The van der Waals surface area contributed by atoms with Gasteiger partial charge in [0, 0.05) is 25.7 Å². The molecule has 70 valence electrons. The highest BCUT2D eigenvalue weighted by Crippen LogP contribution is 2.02. The number of hydrogen-bond donors (Lipinski definition) is 0. The van der Waals surface area contributed by atoms with Gasteiger partial charge in [-0.1, -0.05) is 0 Å². The lowest BCUT2D eigenvalue weighted by molar-refractivity contribution is 0.0963. The van der Waals surface area contributed by atoms with Crippen molar-refractivity contribution in [2.45, 2.75) is 12.8 Å². The Labute approximate surface area is 76.9 Å². The number of nitrogens with zero attached hydrogens (tertiary/aromatic N) is 2. The minimum atomic E-state index is 0.0898. The monoisotopic (exact) mass is 180 g/mol. The Hall–Kier alpha value is -1.29. The predicted molar refractivity (Wildman–Crippen MR) is 47.5 cm³/mol. The van der Waals surface area contributed by atoms with Crippen LogP contribution in [0, 0.1) is 0 Å². The van der Waals surface area contributed by atoms with Gasteiger partial charge < -0.3 is 4.74 Å². The van der Waals surface area contributed by atoms with E-state index in [1.807, 2.05) is 0 Å². The van der Waals surface area contributed by atoms with Crippen LogP contribution in [0.5, 0.6) is 0 Å². The zero-order chi connectivity index (χ0) is 9.52. The molecule has 4 heteroatoms. The largest absolute Gasteiger partial charge is 0.385 e. The number of methoxy groups -OCH3 is 1. The minimum absolute atomic E-state index is 0.0898. The molecule has 0 spiro atoms. The van der Waals surface area contributed by atoms with Gasteiger partial charge in [-0.3, -0.25) is 4.79 Å². The van der Waals surface area contributed by atoms with Gasteiger partial charge in [-0.25, -0.2) is 0 Å². The zero-order valence-corrected chi connectivity index (χ0v) is 7.56. The first-order chi connectivity index (χ1) is 6.34. The van der Waals surface area contributed by atoms with Crippen LogP contribution >= 0.6 is 0 Å². The summed E-state index contributed by atoms with van der Waals surface area (Å²) in [5, 5.41) is 7.23. The first-order valence-corrected chi connectivity index (χ1v) is 4.13. The molecule has 0 aliphatic rings. The van der Waals surface area contributed by atoms with Gasteiger partial charge >= 0.3 is 0 Å². The number of rotatable bonds is 5. The molecule has 0 radical (unpaired) electrons. The molecule has 1 heterocycles. The zero-order valence-electron chi connectivity index (χ0n) is 7.56. The van der Waals surface area contributed by atoms with Crippen molar-refractivity contribution in [1.82, 2.24) is 10.2 Å². The second kappa shape index (κ2) is 5.37. The molecule has 0 N–H and O–H groups in total. The van der Waals surface area contributed by atoms with Gasteiger partial charge in [0.25, 0.3) is 0 Å². The first-order valence-electron chi connectivity index (χ1n) is 4.13. The van der Waals surface area contributed by atoms with Crippen LogP contribution < -0.4 is 0 Å². The third-order valence-electron chi connectivity index (χ3n) is 1.66. The van der Waals surface area contributed by atoms with Gasteiger partial charge in [0.15, 0.2) is 5.78 Å². The molecule has 0 aliphatic carbocycles. The van der Waals surface area contributed by atoms with Crippen molar-refractivity contribution < 1.29 is 9.53 Å². The molecule has 0 saturated heterocycles. The van der Waals surface area contributed by atoms with Crippen LogP contribution in [0.1, 0.15) is 23.2 Å². The van der Waals surface area contributed by atoms with Crippen LogP contribution in [0.3, 0.4) is 0 Å². The molecule has 0 saturated carbocycles. The highest BCUT2D eigenvalue weighted by atomic mass is 16.5. The average Bonchev–Trinajstić information content (AvgIpc) is 2.19. The molecule has 0 fully saturated rings. The Morgan fingerprint density at radius 3 is 3.00 bits per heavy atom. The van der Waals surface area contributed by atoms with E-state index in [2.05, 4.69) is 10.2 Å². The molecular weight excluding hydrogens is 168 g/mol. The topological polar surface area (TPSA) is 52.1 Å². The Bertz CT molecular complexity index is 262. The lowest BCUT2D eigenvalue weighted by Crippen LogP contribution is -2.01. The third kappa shape index (κ3) is 3.29. The van der Waals surface area contributed by atoms with Crippen molar-refractivity contribution >= 4 is 5.78 Å². The minimum Gasteiger partial charge on any atom is -0.385 e. The lowest BCUT2D eigenvalue weighted by Gasteiger charge is -1.98. The molecule has 1 aromatic heterocycles. The maximum absolute atomic E-state index is 11.4. The van der Waals surface area contributed by atoms with Crippen LogP contribution in [0.25, 0.3) is 0 Å². The summed E-state index contributed by atoms with van der Waals surface area (Å²) in [6.45, 7) is 0.615.